The normalized spacial score (nSPS) is 15.9. The van der Waals surface area contributed by atoms with Crippen LogP contribution in [0.25, 0.3) is 0 Å². The summed E-state index contributed by atoms with van der Waals surface area (Å²) in [5.41, 5.74) is 3.33. The monoisotopic (exact) mass is 445 g/mol. The van der Waals surface area contributed by atoms with Crippen molar-refractivity contribution in [3.63, 3.8) is 0 Å². The number of hydrogen-bond donors (Lipinski definition) is 2. The van der Waals surface area contributed by atoms with Gasteiger partial charge in [-0.2, -0.15) is 5.26 Å². The zero-order valence-electron chi connectivity index (χ0n) is 17.0. The Hall–Kier alpha value is -1.94. The van der Waals surface area contributed by atoms with Crippen molar-refractivity contribution in [2.24, 2.45) is 11.3 Å². The number of thiophene rings is 1. The predicted octanol–water partition coefficient (Wildman–Crippen LogP) is 5.86. The molecule has 2 aromatic rings. The molecule has 4 nitrogen and oxygen atoms in total. The minimum absolute atomic E-state index is 0.161. The number of carbonyl (C=O) groups is 1. The van der Waals surface area contributed by atoms with Crippen LogP contribution in [0, 0.1) is 29.6 Å². The van der Waals surface area contributed by atoms with Gasteiger partial charge in [0.05, 0.1) is 16.1 Å². The van der Waals surface area contributed by atoms with Gasteiger partial charge in [-0.25, -0.2) is 0 Å². The van der Waals surface area contributed by atoms with Crippen molar-refractivity contribution in [2.75, 3.05) is 5.32 Å². The van der Waals surface area contributed by atoms with E-state index in [1.165, 1.54) is 4.88 Å². The van der Waals surface area contributed by atoms with Crippen molar-refractivity contribution in [1.82, 2.24) is 5.32 Å². The van der Waals surface area contributed by atoms with Gasteiger partial charge in [-0.15, -0.1) is 11.3 Å². The lowest BCUT2D eigenvalue weighted by molar-refractivity contribution is 0.0978. The second-order valence-corrected chi connectivity index (χ2v) is 10.4. The first-order chi connectivity index (χ1) is 13.6. The molecule has 3 rings (SSSR count). The molecule has 1 aliphatic carbocycles. The lowest BCUT2D eigenvalue weighted by Crippen LogP contribution is -2.34. The summed E-state index contributed by atoms with van der Waals surface area (Å²) in [4.78, 5) is 13.7. The fourth-order valence-corrected chi connectivity index (χ4v) is 5.50. The smallest absolute Gasteiger partial charge is 0.258 e. The fraction of sp³-hybridized carbons (Fsp3) is 0.409. The number of anilines is 1. The highest BCUT2D eigenvalue weighted by molar-refractivity contribution is 7.80. The Bertz CT molecular complexity index is 1010. The number of halogens is 1. The number of hydrogen-bond acceptors (Lipinski definition) is 4. The first-order valence-electron chi connectivity index (χ1n) is 9.53. The summed E-state index contributed by atoms with van der Waals surface area (Å²) in [6, 6.07) is 7.55. The average molecular weight is 446 g/mol. The molecule has 0 saturated heterocycles. The second kappa shape index (κ2) is 8.43. The molecule has 0 aliphatic heterocycles. The molecule has 1 heterocycles. The molecule has 1 amide bonds. The van der Waals surface area contributed by atoms with Crippen molar-refractivity contribution >= 4 is 51.2 Å². The quantitative estimate of drug-likeness (QED) is 0.568. The van der Waals surface area contributed by atoms with Crippen molar-refractivity contribution in [1.29, 1.82) is 5.26 Å². The number of amides is 1. The van der Waals surface area contributed by atoms with E-state index in [9.17, 15) is 10.1 Å². The van der Waals surface area contributed by atoms with Crippen molar-refractivity contribution in [2.45, 2.75) is 47.0 Å². The highest BCUT2D eigenvalue weighted by atomic mass is 35.5. The number of benzene rings is 1. The van der Waals surface area contributed by atoms with Crippen LogP contribution in [0.5, 0.6) is 0 Å². The maximum absolute atomic E-state index is 12.5. The highest BCUT2D eigenvalue weighted by Crippen LogP contribution is 2.43. The van der Waals surface area contributed by atoms with Crippen molar-refractivity contribution in [3.8, 4) is 6.07 Å². The summed E-state index contributed by atoms with van der Waals surface area (Å²) in [6.45, 7) is 8.70. The maximum Gasteiger partial charge on any atom is 0.258 e. The van der Waals surface area contributed by atoms with Gasteiger partial charge in [0.25, 0.3) is 5.91 Å². The van der Waals surface area contributed by atoms with Gasteiger partial charge in [0.15, 0.2) is 5.11 Å². The molecule has 2 N–H and O–H groups in total. The van der Waals surface area contributed by atoms with E-state index in [1.807, 2.05) is 13.0 Å². The predicted molar refractivity (Wildman–Crippen MR) is 124 cm³/mol. The summed E-state index contributed by atoms with van der Waals surface area (Å²) >= 11 is 13.1. The average Bonchev–Trinajstić information content (AvgIpc) is 2.96. The lowest BCUT2D eigenvalue weighted by Gasteiger charge is -2.33. The zero-order valence-corrected chi connectivity index (χ0v) is 19.4. The van der Waals surface area contributed by atoms with Crippen LogP contribution in [0.15, 0.2) is 18.2 Å². The van der Waals surface area contributed by atoms with Gasteiger partial charge in [0.1, 0.15) is 11.1 Å². The molecule has 152 valence electrons. The molecule has 1 aliphatic rings. The number of nitrogens with zero attached hydrogens (tertiary/aromatic N) is 1. The molecule has 1 unspecified atom stereocenters. The molecule has 0 bridgehead atoms. The summed E-state index contributed by atoms with van der Waals surface area (Å²) in [5.74, 6) is 0.212. The van der Waals surface area contributed by atoms with Gasteiger partial charge in [-0.05, 0) is 73.0 Å². The Morgan fingerprint density at radius 1 is 1.38 bits per heavy atom. The van der Waals surface area contributed by atoms with Crippen LogP contribution < -0.4 is 10.6 Å². The minimum atomic E-state index is -0.375. The molecule has 0 spiro atoms. The second-order valence-electron chi connectivity index (χ2n) is 8.52. The van der Waals surface area contributed by atoms with Gasteiger partial charge < -0.3 is 5.32 Å². The van der Waals surface area contributed by atoms with E-state index >= 15 is 0 Å². The van der Waals surface area contributed by atoms with Gasteiger partial charge >= 0.3 is 0 Å². The third-order valence-electron chi connectivity index (χ3n) is 5.43. The van der Waals surface area contributed by atoms with Gasteiger partial charge in [-0.3, -0.25) is 10.1 Å². The number of thiocarbonyl (C=S) groups is 1. The van der Waals surface area contributed by atoms with E-state index in [2.05, 4.69) is 37.5 Å². The Labute approximate surface area is 186 Å². The van der Waals surface area contributed by atoms with Crippen LogP contribution in [0.4, 0.5) is 5.00 Å². The Morgan fingerprint density at radius 3 is 2.72 bits per heavy atom. The van der Waals surface area contributed by atoms with E-state index in [4.69, 9.17) is 23.8 Å². The first-order valence-corrected chi connectivity index (χ1v) is 11.1. The standard InChI is InChI=1S/C22H24ClN3OS2/c1-12-5-7-15(17(23)9-12)19(27)25-21(28)26-20-16(11-24)14-8-6-13(22(2,3)4)10-18(14)29-20/h5,7,9,13H,6,8,10H2,1-4H3,(H2,25,26,27,28). The molecule has 1 aromatic carbocycles. The first kappa shape index (κ1) is 21.8. The van der Waals surface area contributed by atoms with Crippen LogP contribution in [0.2, 0.25) is 5.02 Å². The molecule has 1 aromatic heterocycles. The molecule has 1 atom stereocenters. The Kier molecular flexibility index (Phi) is 6.33. The highest BCUT2D eigenvalue weighted by Gasteiger charge is 2.32. The summed E-state index contributed by atoms with van der Waals surface area (Å²) in [6.07, 6.45) is 2.95. The van der Waals surface area contributed by atoms with Gasteiger partial charge in [0.2, 0.25) is 0 Å². The van der Waals surface area contributed by atoms with Crippen molar-refractivity contribution < 1.29 is 4.79 Å². The van der Waals surface area contributed by atoms with Gasteiger partial charge in [-0.1, -0.05) is 38.4 Å². The van der Waals surface area contributed by atoms with Crippen LogP contribution >= 0.6 is 35.2 Å². The topological polar surface area (TPSA) is 64.9 Å². The summed E-state index contributed by atoms with van der Waals surface area (Å²) in [7, 11) is 0. The number of carbonyl (C=O) groups excluding carboxylic acids is 1. The largest absolute Gasteiger partial charge is 0.323 e. The summed E-state index contributed by atoms with van der Waals surface area (Å²) in [5, 5.41) is 16.7. The maximum atomic E-state index is 12.5. The third-order valence-corrected chi connectivity index (χ3v) is 7.11. The Balaban J connectivity index is 1.75. The van der Waals surface area contributed by atoms with Crippen molar-refractivity contribution in [3.05, 3.63) is 50.4 Å². The van der Waals surface area contributed by atoms with Crippen LogP contribution in [-0.2, 0) is 12.8 Å². The van der Waals surface area contributed by atoms with Crippen LogP contribution in [0.1, 0.15) is 59.1 Å². The van der Waals surface area contributed by atoms with Crippen LogP contribution in [0.3, 0.4) is 0 Å². The number of nitrogens with one attached hydrogen (secondary N) is 2. The zero-order chi connectivity index (χ0) is 21.3. The van der Waals surface area contributed by atoms with E-state index in [0.29, 0.717) is 27.1 Å². The fourth-order valence-electron chi connectivity index (χ4n) is 3.64. The molecule has 29 heavy (non-hydrogen) atoms. The number of fused-ring (bicyclic) bond motifs is 1. The SMILES string of the molecule is Cc1ccc(C(=O)NC(=S)Nc2sc3c(c2C#N)CCC(C(C)(C)C)C3)c(Cl)c1. The number of nitriles is 1. The molecule has 0 fully saturated rings. The van der Waals surface area contributed by atoms with E-state index in [0.717, 1.165) is 30.4 Å². The third kappa shape index (κ3) is 4.80. The minimum Gasteiger partial charge on any atom is -0.323 e. The molecular weight excluding hydrogens is 422 g/mol. The van der Waals surface area contributed by atoms with Gasteiger partial charge in [0, 0.05) is 4.88 Å². The van der Waals surface area contributed by atoms with E-state index in [1.54, 1.807) is 23.5 Å². The van der Waals surface area contributed by atoms with Crippen LogP contribution in [-0.4, -0.2) is 11.0 Å². The number of aryl methyl sites for hydroxylation is 1. The molecule has 0 radical (unpaired) electrons. The molecule has 7 heteroatoms. The molecule has 0 saturated carbocycles. The lowest BCUT2D eigenvalue weighted by atomic mass is 9.72. The van der Waals surface area contributed by atoms with E-state index in [-0.39, 0.29) is 16.4 Å². The van der Waals surface area contributed by atoms with E-state index < -0.39 is 0 Å². The Morgan fingerprint density at radius 2 is 2.10 bits per heavy atom. The number of rotatable bonds is 2. The summed E-state index contributed by atoms with van der Waals surface area (Å²) < 4.78 is 0. The molecular formula is C22H24ClN3OS2.